The number of ether oxygens (including phenoxy) is 1. The zero-order valence-corrected chi connectivity index (χ0v) is 34.3. The highest BCUT2D eigenvalue weighted by Gasteiger charge is 2.64. The van der Waals surface area contributed by atoms with Crippen LogP contribution in [0.15, 0.2) is 54.6 Å². The van der Waals surface area contributed by atoms with E-state index in [1.165, 1.54) is 6.07 Å². The van der Waals surface area contributed by atoms with E-state index in [9.17, 15) is 29.2 Å². The highest BCUT2D eigenvalue weighted by Crippen LogP contribution is 2.55. The van der Waals surface area contributed by atoms with Crippen molar-refractivity contribution in [1.82, 2.24) is 20.4 Å². The molecular formula is C44H47ClFN7O6. The first kappa shape index (κ1) is 40.3. The van der Waals surface area contributed by atoms with Crippen molar-refractivity contribution in [3.05, 3.63) is 87.7 Å². The Hall–Kier alpha value is -5.52. The fourth-order valence-electron chi connectivity index (χ4n) is 10.2. The van der Waals surface area contributed by atoms with Crippen LogP contribution in [0, 0.1) is 28.0 Å². The zero-order valence-electron chi connectivity index (χ0n) is 33.5. The topological polar surface area (TPSA) is 155 Å². The van der Waals surface area contributed by atoms with Gasteiger partial charge in [-0.15, -0.1) is 0 Å². The number of hydrogen-bond acceptors (Lipinski definition) is 10. The number of piperidine rings is 2. The molecule has 1 aliphatic carbocycles. The molecule has 3 aromatic carbocycles. The monoisotopic (exact) mass is 823 g/mol. The third kappa shape index (κ3) is 7.18. The molecule has 1 atom stereocenters. The number of piperazine rings is 1. The van der Waals surface area contributed by atoms with Gasteiger partial charge in [0.15, 0.2) is 0 Å². The smallest absolute Gasteiger partial charge is 0.265 e. The summed E-state index contributed by atoms with van der Waals surface area (Å²) in [5.41, 5.74) is 1.42. The molecule has 8 rings (SSSR count). The van der Waals surface area contributed by atoms with Crippen molar-refractivity contribution >= 4 is 52.5 Å². The van der Waals surface area contributed by atoms with Crippen LogP contribution in [0.1, 0.15) is 90.0 Å². The molecule has 4 fully saturated rings. The minimum Gasteiger partial charge on any atom is -0.489 e. The van der Waals surface area contributed by atoms with E-state index in [-0.39, 0.29) is 52.9 Å². The number of amides is 5. The molecule has 0 spiro atoms. The maximum absolute atomic E-state index is 15.4. The average Bonchev–Trinajstić information content (AvgIpc) is 3.47. The number of carbonyl (C=O) groups is 5. The van der Waals surface area contributed by atoms with Crippen molar-refractivity contribution in [2.75, 3.05) is 49.1 Å². The number of imide groups is 2. The van der Waals surface area contributed by atoms with E-state index in [0.29, 0.717) is 46.7 Å². The maximum atomic E-state index is 15.4. The van der Waals surface area contributed by atoms with E-state index in [1.54, 1.807) is 24.3 Å². The molecule has 4 aliphatic heterocycles. The number of halogens is 2. The number of benzene rings is 3. The summed E-state index contributed by atoms with van der Waals surface area (Å²) in [5.74, 6) is -3.13. The van der Waals surface area contributed by atoms with E-state index in [1.807, 2.05) is 29.2 Å². The quantitative estimate of drug-likeness (QED) is 0.292. The van der Waals surface area contributed by atoms with Crippen LogP contribution in [-0.2, 0) is 9.59 Å². The molecule has 3 aromatic rings. The zero-order chi connectivity index (χ0) is 42.0. The van der Waals surface area contributed by atoms with Crippen LogP contribution in [-0.4, -0.2) is 103 Å². The largest absolute Gasteiger partial charge is 0.489 e. The number of anilines is 2. The molecule has 308 valence electrons. The van der Waals surface area contributed by atoms with E-state index in [2.05, 4.69) is 54.2 Å². The molecule has 59 heavy (non-hydrogen) atoms. The minimum atomic E-state index is -1.15. The van der Waals surface area contributed by atoms with Gasteiger partial charge in [-0.25, -0.2) is 4.39 Å². The van der Waals surface area contributed by atoms with Crippen molar-refractivity contribution in [1.29, 1.82) is 5.26 Å². The Morgan fingerprint density at radius 3 is 2.15 bits per heavy atom. The van der Waals surface area contributed by atoms with Gasteiger partial charge in [0.1, 0.15) is 29.8 Å². The predicted octanol–water partition coefficient (Wildman–Crippen LogP) is 5.15. The first-order valence-electron chi connectivity index (χ1n) is 20.1. The molecule has 1 saturated carbocycles. The molecule has 15 heteroatoms. The Morgan fingerprint density at radius 1 is 0.864 bits per heavy atom. The molecule has 5 aliphatic rings. The summed E-state index contributed by atoms with van der Waals surface area (Å²) in [7, 11) is 0. The number of hydrogen-bond donors (Lipinski definition) is 2. The van der Waals surface area contributed by atoms with Crippen LogP contribution >= 0.6 is 11.6 Å². The van der Waals surface area contributed by atoms with E-state index in [0.717, 1.165) is 49.6 Å². The molecule has 3 saturated heterocycles. The lowest BCUT2D eigenvalue weighted by atomic mass is 9.49. The van der Waals surface area contributed by atoms with Gasteiger partial charge < -0.3 is 19.9 Å². The summed E-state index contributed by atoms with van der Waals surface area (Å²) < 4.78 is 21.8. The van der Waals surface area contributed by atoms with E-state index < -0.39 is 35.5 Å². The van der Waals surface area contributed by atoms with Gasteiger partial charge in [-0.05, 0) is 67.8 Å². The Kier molecular flexibility index (Phi) is 10.4. The average molecular weight is 824 g/mol. The summed E-state index contributed by atoms with van der Waals surface area (Å²) in [6.07, 6.45) is 1.50. The Bertz CT molecular complexity index is 2260. The maximum Gasteiger partial charge on any atom is 0.265 e. The lowest BCUT2D eigenvalue weighted by molar-refractivity contribution is -0.164. The molecule has 1 unspecified atom stereocenters. The van der Waals surface area contributed by atoms with Crippen molar-refractivity contribution in [2.24, 2.45) is 10.8 Å². The van der Waals surface area contributed by atoms with Crippen molar-refractivity contribution in [3.63, 3.8) is 0 Å². The number of nitrogens with one attached hydrogen (secondary N) is 2. The first-order chi connectivity index (χ1) is 28.1. The second-order valence-corrected chi connectivity index (χ2v) is 17.8. The highest BCUT2D eigenvalue weighted by atomic mass is 35.5. The molecular weight excluding hydrogens is 777 g/mol. The standard InChI is InChI=1S/C44H47ClFN7O6/c1-43(2)41(44(3,4)42(43)59-30-10-7-26(24-47)32(45)23-30)49-37(55)25-5-8-27(9-6-25)51-17-19-52(20-18-51)28-13-15-50(16-14-28)29-21-31-36(33(46)22-29)40(58)53(39(31)57)34-11-12-35(54)48-38(34)56/h5-10,21-23,28,34,41-42H,11-20H2,1-4H3,(H,49,55)(H,48,54,56)/t34?,41-,42-. The number of rotatable bonds is 8. The van der Waals surface area contributed by atoms with Gasteiger partial charge in [-0.2, -0.15) is 5.26 Å². The minimum absolute atomic E-state index is 0.00688. The van der Waals surface area contributed by atoms with Crippen molar-refractivity contribution in [3.8, 4) is 11.8 Å². The number of nitriles is 1. The summed E-state index contributed by atoms with van der Waals surface area (Å²) >= 11 is 6.25. The molecule has 4 heterocycles. The van der Waals surface area contributed by atoms with Gasteiger partial charge >= 0.3 is 0 Å². The second kappa shape index (κ2) is 15.3. The summed E-state index contributed by atoms with van der Waals surface area (Å²) in [4.78, 5) is 71.7. The number of fused-ring (bicyclic) bond motifs is 1. The van der Waals surface area contributed by atoms with Crippen LogP contribution in [0.5, 0.6) is 5.75 Å². The Morgan fingerprint density at radius 2 is 1.53 bits per heavy atom. The van der Waals surface area contributed by atoms with Gasteiger partial charge in [-0.1, -0.05) is 39.3 Å². The lowest BCUT2D eigenvalue weighted by Crippen LogP contribution is -2.74. The van der Waals surface area contributed by atoms with E-state index in [4.69, 9.17) is 16.3 Å². The molecule has 5 amide bonds. The normalized spacial score (nSPS) is 24.3. The molecule has 13 nitrogen and oxygen atoms in total. The van der Waals surface area contributed by atoms with Crippen molar-refractivity contribution in [2.45, 2.75) is 77.6 Å². The highest BCUT2D eigenvalue weighted by molar-refractivity contribution is 6.31. The Balaban J connectivity index is 0.821. The molecule has 0 radical (unpaired) electrons. The predicted molar refractivity (Wildman–Crippen MR) is 218 cm³/mol. The SMILES string of the molecule is CC1(C)[C@H](NC(=O)c2ccc(N3CCN(C4CCN(c5cc(F)c6c(c5)C(=O)N(C5CCC(=O)NC5=O)C6=O)CC4)CC3)cc2)C(C)(C)[C@H]1Oc1ccc(C#N)c(Cl)c1. The first-order valence-corrected chi connectivity index (χ1v) is 20.5. The van der Waals surface area contributed by atoms with Crippen LogP contribution < -0.4 is 25.2 Å². The fourth-order valence-corrected chi connectivity index (χ4v) is 10.4. The van der Waals surface area contributed by atoms with Crippen LogP contribution in [0.2, 0.25) is 5.02 Å². The van der Waals surface area contributed by atoms with E-state index >= 15 is 4.39 Å². The van der Waals surface area contributed by atoms with Gasteiger partial charge in [0, 0.05) is 91.6 Å². The third-order valence-electron chi connectivity index (χ3n) is 13.1. The summed E-state index contributed by atoms with van der Waals surface area (Å²) in [6, 6.07) is 16.7. The third-order valence-corrected chi connectivity index (χ3v) is 13.4. The number of nitrogens with zero attached hydrogens (tertiary/aromatic N) is 5. The molecule has 2 N–H and O–H groups in total. The van der Waals surface area contributed by atoms with Gasteiger partial charge in [0.05, 0.1) is 21.7 Å². The van der Waals surface area contributed by atoms with Crippen LogP contribution in [0.25, 0.3) is 0 Å². The molecule has 0 bridgehead atoms. The fraction of sp³-hybridized carbons (Fsp3) is 0.455. The Labute approximate surface area is 347 Å². The van der Waals surface area contributed by atoms with Crippen LogP contribution in [0.3, 0.4) is 0 Å². The van der Waals surface area contributed by atoms with Gasteiger partial charge in [-0.3, -0.25) is 39.1 Å². The van der Waals surface area contributed by atoms with Crippen molar-refractivity contribution < 1.29 is 33.1 Å². The number of carbonyl (C=O) groups excluding carboxylic acids is 5. The van der Waals surface area contributed by atoms with Gasteiger partial charge in [0.2, 0.25) is 11.8 Å². The van der Waals surface area contributed by atoms with Crippen LogP contribution in [0.4, 0.5) is 15.8 Å². The summed E-state index contributed by atoms with van der Waals surface area (Å²) in [6.45, 7) is 13.0. The molecule has 0 aromatic heterocycles. The van der Waals surface area contributed by atoms with Gasteiger partial charge in [0.25, 0.3) is 17.7 Å². The summed E-state index contributed by atoms with van der Waals surface area (Å²) in [5, 5.41) is 15.0. The second-order valence-electron chi connectivity index (χ2n) is 17.4. The lowest BCUT2D eigenvalue weighted by Gasteiger charge is -2.63.